The SMILES string of the molecule is CC(C)CCOCCNC1CCN(CC(F)(F)F)CC1. The van der Waals surface area contributed by atoms with Crippen molar-refractivity contribution >= 4 is 0 Å². The highest BCUT2D eigenvalue weighted by Gasteiger charge is 2.32. The van der Waals surface area contributed by atoms with E-state index in [0.29, 0.717) is 31.7 Å². The summed E-state index contributed by atoms with van der Waals surface area (Å²) in [5.74, 6) is 0.654. The minimum Gasteiger partial charge on any atom is -0.380 e. The summed E-state index contributed by atoms with van der Waals surface area (Å²) in [5.41, 5.74) is 0. The summed E-state index contributed by atoms with van der Waals surface area (Å²) in [6, 6.07) is 0.327. The van der Waals surface area contributed by atoms with E-state index in [9.17, 15) is 13.2 Å². The molecule has 0 atom stereocenters. The van der Waals surface area contributed by atoms with Crippen LogP contribution in [-0.4, -0.2) is 56.5 Å². The van der Waals surface area contributed by atoms with Crippen LogP contribution in [0.25, 0.3) is 0 Å². The first-order valence-electron chi connectivity index (χ1n) is 7.47. The van der Waals surface area contributed by atoms with E-state index in [-0.39, 0.29) is 0 Å². The number of hydrogen-bond acceptors (Lipinski definition) is 3. The first-order chi connectivity index (χ1) is 9.37. The zero-order chi connectivity index (χ0) is 15.0. The molecule has 0 spiro atoms. The molecule has 6 heteroatoms. The molecule has 1 aliphatic rings. The topological polar surface area (TPSA) is 24.5 Å². The number of rotatable bonds is 8. The molecule has 1 N–H and O–H groups in total. The normalized spacial score (nSPS) is 18.9. The summed E-state index contributed by atoms with van der Waals surface area (Å²) in [5, 5.41) is 3.36. The van der Waals surface area contributed by atoms with Gasteiger partial charge in [-0.3, -0.25) is 4.90 Å². The quantitative estimate of drug-likeness (QED) is 0.697. The molecule has 0 radical (unpaired) electrons. The first kappa shape index (κ1) is 17.7. The minimum atomic E-state index is -4.08. The van der Waals surface area contributed by atoms with E-state index < -0.39 is 12.7 Å². The molecule has 0 unspecified atom stereocenters. The number of alkyl halides is 3. The summed E-state index contributed by atoms with van der Waals surface area (Å²) >= 11 is 0. The molecular formula is C14H27F3N2O. The Hall–Kier alpha value is -0.330. The van der Waals surface area contributed by atoms with Crippen LogP contribution in [-0.2, 0) is 4.74 Å². The second-order valence-electron chi connectivity index (χ2n) is 5.91. The average molecular weight is 296 g/mol. The fourth-order valence-electron chi connectivity index (χ4n) is 2.31. The van der Waals surface area contributed by atoms with Gasteiger partial charge in [-0.2, -0.15) is 13.2 Å². The number of hydrogen-bond donors (Lipinski definition) is 1. The molecule has 1 aliphatic heterocycles. The van der Waals surface area contributed by atoms with Gasteiger partial charge in [0.2, 0.25) is 0 Å². The lowest BCUT2D eigenvalue weighted by Crippen LogP contribution is -2.46. The Morgan fingerprint density at radius 2 is 1.85 bits per heavy atom. The molecule has 20 heavy (non-hydrogen) atoms. The number of halogens is 3. The van der Waals surface area contributed by atoms with Crippen LogP contribution in [0, 0.1) is 5.92 Å². The Kier molecular flexibility index (Phi) is 7.84. The molecule has 0 aliphatic carbocycles. The molecule has 1 fully saturated rings. The molecule has 1 saturated heterocycles. The van der Waals surface area contributed by atoms with E-state index in [1.165, 1.54) is 4.90 Å². The van der Waals surface area contributed by atoms with Gasteiger partial charge in [-0.15, -0.1) is 0 Å². The predicted octanol–water partition coefficient (Wildman–Crippen LogP) is 2.67. The van der Waals surface area contributed by atoms with E-state index in [0.717, 1.165) is 32.4 Å². The highest BCUT2D eigenvalue weighted by molar-refractivity contribution is 4.78. The molecule has 0 aromatic heterocycles. The standard InChI is InChI=1S/C14H27F3N2O/c1-12(2)5-9-20-10-6-18-13-3-7-19(8-4-13)11-14(15,16)17/h12-13,18H,3-11H2,1-2H3. The van der Waals surface area contributed by atoms with Crippen molar-refractivity contribution in [2.75, 3.05) is 39.4 Å². The van der Waals surface area contributed by atoms with Gasteiger partial charge in [-0.25, -0.2) is 0 Å². The molecule has 0 aromatic rings. The lowest BCUT2D eigenvalue weighted by Gasteiger charge is -2.32. The third kappa shape index (κ3) is 8.76. The van der Waals surface area contributed by atoms with Crippen LogP contribution >= 0.6 is 0 Å². The molecule has 1 rings (SSSR count). The molecular weight excluding hydrogens is 269 g/mol. The minimum absolute atomic E-state index is 0.327. The van der Waals surface area contributed by atoms with Crippen molar-refractivity contribution < 1.29 is 17.9 Å². The Labute approximate surface area is 119 Å². The lowest BCUT2D eigenvalue weighted by molar-refractivity contribution is -0.148. The first-order valence-corrected chi connectivity index (χ1v) is 7.47. The number of piperidine rings is 1. The largest absolute Gasteiger partial charge is 0.401 e. The molecule has 120 valence electrons. The van der Waals surface area contributed by atoms with Gasteiger partial charge in [0.05, 0.1) is 13.2 Å². The van der Waals surface area contributed by atoms with Gasteiger partial charge in [0.15, 0.2) is 0 Å². The highest BCUT2D eigenvalue weighted by Crippen LogP contribution is 2.19. The summed E-state index contributed by atoms with van der Waals surface area (Å²) in [6.45, 7) is 6.82. The fraction of sp³-hybridized carbons (Fsp3) is 1.00. The third-order valence-electron chi connectivity index (χ3n) is 3.51. The molecule has 1 heterocycles. The highest BCUT2D eigenvalue weighted by atomic mass is 19.4. The molecule has 0 amide bonds. The van der Waals surface area contributed by atoms with Crippen molar-refractivity contribution in [3.8, 4) is 0 Å². The Morgan fingerprint density at radius 1 is 1.20 bits per heavy atom. The van der Waals surface area contributed by atoms with E-state index >= 15 is 0 Å². The maximum atomic E-state index is 12.2. The summed E-state index contributed by atoms with van der Waals surface area (Å²) < 4.78 is 42.2. The van der Waals surface area contributed by atoms with Crippen molar-refractivity contribution in [3.05, 3.63) is 0 Å². The van der Waals surface area contributed by atoms with Gasteiger partial charge in [0.1, 0.15) is 0 Å². The van der Waals surface area contributed by atoms with Crippen LogP contribution in [0.2, 0.25) is 0 Å². The van der Waals surface area contributed by atoms with Crippen LogP contribution in [0.4, 0.5) is 13.2 Å². The Balaban J connectivity index is 2.00. The van der Waals surface area contributed by atoms with Gasteiger partial charge in [0.25, 0.3) is 0 Å². The van der Waals surface area contributed by atoms with Crippen molar-refractivity contribution in [3.63, 3.8) is 0 Å². The van der Waals surface area contributed by atoms with E-state index in [2.05, 4.69) is 19.2 Å². The van der Waals surface area contributed by atoms with Crippen molar-refractivity contribution in [1.82, 2.24) is 10.2 Å². The fourth-order valence-corrected chi connectivity index (χ4v) is 2.31. The summed E-state index contributed by atoms with van der Waals surface area (Å²) in [6.07, 6.45) is -1.45. The monoisotopic (exact) mass is 296 g/mol. The smallest absolute Gasteiger partial charge is 0.380 e. The molecule has 3 nitrogen and oxygen atoms in total. The second-order valence-corrected chi connectivity index (χ2v) is 5.91. The van der Waals surface area contributed by atoms with Gasteiger partial charge < -0.3 is 10.1 Å². The maximum Gasteiger partial charge on any atom is 0.401 e. The molecule has 0 bridgehead atoms. The Morgan fingerprint density at radius 3 is 2.40 bits per heavy atom. The van der Waals surface area contributed by atoms with Crippen molar-refractivity contribution in [2.24, 2.45) is 5.92 Å². The zero-order valence-electron chi connectivity index (χ0n) is 12.5. The van der Waals surface area contributed by atoms with Gasteiger partial charge in [-0.1, -0.05) is 13.8 Å². The maximum absolute atomic E-state index is 12.2. The van der Waals surface area contributed by atoms with E-state index in [1.807, 2.05) is 0 Å². The van der Waals surface area contributed by atoms with Crippen LogP contribution in [0.1, 0.15) is 33.1 Å². The Bertz CT molecular complexity index is 251. The van der Waals surface area contributed by atoms with E-state index in [1.54, 1.807) is 0 Å². The van der Waals surface area contributed by atoms with Crippen LogP contribution in [0.3, 0.4) is 0 Å². The molecule has 0 saturated carbocycles. The number of ether oxygens (including phenoxy) is 1. The van der Waals surface area contributed by atoms with Crippen LogP contribution < -0.4 is 5.32 Å². The number of nitrogens with one attached hydrogen (secondary N) is 1. The molecule has 0 aromatic carbocycles. The number of nitrogens with zero attached hydrogens (tertiary/aromatic N) is 1. The van der Waals surface area contributed by atoms with Crippen LogP contribution in [0.15, 0.2) is 0 Å². The van der Waals surface area contributed by atoms with Gasteiger partial charge in [0, 0.05) is 19.2 Å². The van der Waals surface area contributed by atoms with Crippen molar-refractivity contribution in [1.29, 1.82) is 0 Å². The predicted molar refractivity (Wildman–Crippen MR) is 73.8 cm³/mol. The second kappa shape index (κ2) is 8.85. The zero-order valence-corrected chi connectivity index (χ0v) is 12.5. The lowest BCUT2D eigenvalue weighted by atomic mass is 10.1. The van der Waals surface area contributed by atoms with E-state index in [4.69, 9.17) is 4.74 Å². The van der Waals surface area contributed by atoms with Gasteiger partial charge >= 0.3 is 6.18 Å². The average Bonchev–Trinajstić information content (AvgIpc) is 2.33. The number of likely N-dealkylation sites (tertiary alicyclic amines) is 1. The third-order valence-corrected chi connectivity index (χ3v) is 3.51. The van der Waals surface area contributed by atoms with Gasteiger partial charge in [-0.05, 0) is 38.3 Å². The van der Waals surface area contributed by atoms with Crippen molar-refractivity contribution in [2.45, 2.75) is 45.3 Å². The summed E-state index contributed by atoms with van der Waals surface area (Å²) in [4.78, 5) is 1.48. The summed E-state index contributed by atoms with van der Waals surface area (Å²) in [7, 11) is 0. The van der Waals surface area contributed by atoms with Crippen LogP contribution in [0.5, 0.6) is 0 Å².